The van der Waals surface area contributed by atoms with E-state index in [1.807, 2.05) is 6.92 Å². The normalized spacial score (nSPS) is 7.50. The third kappa shape index (κ3) is 3.47. The Morgan fingerprint density at radius 3 is 2.67 bits per heavy atom. The van der Waals surface area contributed by atoms with Gasteiger partial charge in [-0.3, -0.25) is 5.41 Å². The summed E-state index contributed by atoms with van der Waals surface area (Å²) < 4.78 is 4.52. The van der Waals surface area contributed by atoms with E-state index in [0.29, 0.717) is 6.61 Å². The Bertz CT molecular complexity index is 36.5. The fourth-order valence-electron chi connectivity index (χ4n) is 0.177. The van der Waals surface area contributed by atoms with E-state index in [0.717, 1.165) is 12.8 Å². The molecule has 0 spiro atoms. The Morgan fingerprint density at radius 1 is 1.83 bits per heavy atom. The number of nitrogens with one attached hydrogen (secondary N) is 1. The summed E-state index contributed by atoms with van der Waals surface area (Å²) in [5.74, 6) is 0. The van der Waals surface area contributed by atoms with Crippen molar-refractivity contribution in [3.63, 3.8) is 0 Å². The van der Waals surface area contributed by atoms with Crippen molar-refractivity contribution in [3.05, 3.63) is 0 Å². The highest BCUT2D eigenvalue weighted by molar-refractivity contribution is 5.40. The van der Waals surface area contributed by atoms with E-state index < -0.39 is 0 Å². The van der Waals surface area contributed by atoms with Crippen LogP contribution in [0.1, 0.15) is 13.3 Å². The molecule has 0 atom stereocenters. The van der Waals surface area contributed by atoms with Gasteiger partial charge in [0.15, 0.2) is 6.40 Å². The Kier molecular flexibility index (Phi) is 4.08. The summed E-state index contributed by atoms with van der Waals surface area (Å²) in [5.41, 5.74) is 0. The van der Waals surface area contributed by atoms with E-state index in [-0.39, 0.29) is 0 Å². The van der Waals surface area contributed by atoms with E-state index in [1.54, 1.807) is 0 Å². The van der Waals surface area contributed by atoms with Crippen LogP contribution in [0.5, 0.6) is 0 Å². The molecule has 0 aromatic carbocycles. The molecule has 0 aromatic rings. The van der Waals surface area contributed by atoms with Crippen molar-refractivity contribution >= 4 is 6.40 Å². The molecular formula is C4H9NO. The monoisotopic (exact) mass is 87.1 g/mol. The molecule has 1 N–H and O–H groups in total. The SMILES string of the molecule is CCCOC=N. The lowest BCUT2D eigenvalue weighted by Crippen LogP contribution is -1.85. The first-order chi connectivity index (χ1) is 2.91. The quantitative estimate of drug-likeness (QED) is 0.311. The molecule has 0 aliphatic carbocycles. The van der Waals surface area contributed by atoms with Gasteiger partial charge in [-0.05, 0) is 6.42 Å². The van der Waals surface area contributed by atoms with Crippen LogP contribution in [0.4, 0.5) is 0 Å². The first kappa shape index (κ1) is 5.47. The maximum absolute atomic E-state index is 6.36. The second-order valence-electron chi connectivity index (χ2n) is 0.989. The van der Waals surface area contributed by atoms with Crippen molar-refractivity contribution in [3.8, 4) is 0 Å². The molecule has 0 bridgehead atoms. The molecule has 2 nitrogen and oxygen atoms in total. The van der Waals surface area contributed by atoms with Gasteiger partial charge in [0.05, 0.1) is 6.61 Å². The lowest BCUT2D eigenvalue weighted by Gasteiger charge is -1.88. The van der Waals surface area contributed by atoms with Gasteiger partial charge in [0.25, 0.3) is 0 Å². The van der Waals surface area contributed by atoms with Crippen LogP contribution in [0.15, 0.2) is 0 Å². The fraction of sp³-hybridized carbons (Fsp3) is 0.750. The second-order valence-corrected chi connectivity index (χ2v) is 0.989. The molecule has 0 fully saturated rings. The van der Waals surface area contributed by atoms with Crippen LogP contribution in [0.25, 0.3) is 0 Å². The number of ether oxygens (including phenoxy) is 1. The average Bonchev–Trinajstić information content (AvgIpc) is 1.61. The predicted octanol–water partition coefficient (Wildman–Crippen LogP) is 1.02. The molecule has 0 saturated heterocycles. The van der Waals surface area contributed by atoms with Crippen LogP contribution in [0.2, 0.25) is 0 Å². The molecule has 0 aliphatic rings. The maximum atomic E-state index is 6.36. The summed E-state index contributed by atoms with van der Waals surface area (Å²) in [5, 5.41) is 6.36. The first-order valence-corrected chi connectivity index (χ1v) is 2.02. The maximum Gasteiger partial charge on any atom is 0.166 e. The molecule has 36 valence electrons. The van der Waals surface area contributed by atoms with Crippen molar-refractivity contribution in [1.29, 1.82) is 5.41 Å². The molecule has 0 radical (unpaired) electrons. The van der Waals surface area contributed by atoms with Crippen molar-refractivity contribution in [1.82, 2.24) is 0 Å². The zero-order valence-electron chi connectivity index (χ0n) is 3.90. The topological polar surface area (TPSA) is 33.1 Å². The van der Waals surface area contributed by atoms with Gasteiger partial charge in [-0.15, -0.1) is 0 Å². The van der Waals surface area contributed by atoms with Gasteiger partial charge in [-0.25, -0.2) is 0 Å². The summed E-state index contributed by atoms with van der Waals surface area (Å²) >= 11 is 0. The van der Waals surface area contributed by atoms with Crippen molar-refractivity contribution in [2.75, 3.05) is 6.61 Å². The van der Waals surface area contributed by atoms with Crippen molar-refractivity contribution in [2.24, 2.45) is 0 Å². The number of hydrogen-bond acceptors (Lipinski definition) is 2. The van der Waals surface area contributed by atoms with Gasteiger partial charge in [0.1, 0.15) is 0 Å². The molecular weight excluding hydrogens is 78.1 g/mol. The van der Waals surface area contributed by atoms with Gasteiger partial charge in [0, 0.05) is 0 Å². The smallest absolute Gasteiger partial charge is 0.166 e. The minimum Gasteiger partial charge on any atom is -0.484 e. The molecule has 0 aromatic heterocycles. The number of rotatable bonds is 3. The third-order valence-electron chi connectivity index (χ3n) is 0.405. The van der Waals surface area contributed by atoms with Crippen LogP contribution >= 0.6 is 0 Å². The second kappa shape index (κ2) is 4.47. The minimum absolute atomic E-state index is 0.670. The van der Waals surface area contributed by atoms with Crippen LogP contribution in [-0.2, 0) is 4.74 Å². The van der Waals surface area contributed by atoms with Gasteiger partial charge in [0.2, 0.25) is 0 Å². The van der Waals surface area contributed by atoms with Crippen LogP contribution in [-0.4, -0.2) is 13.0 Å². The van der Waals surface area contributed by atoms with Crippen LogP contribution < -0.4 is 0 Å². The third-order valence-corrected chi connectivity index (χ3v) is 0.405. The van der Waals surface area contributed by atoms with Crippen molar-refractivity contribution in [2.45, 2.75) is 13.3 Å². The molecule has 0 rings (SSSR count). The van der Waals surface area contributed by atoms with Gasteiger partial charge in [-0.2, -0.15) is 0 Å². The van der Waals surface area contributed by atoms with E-state index in [9.17, 15) is 0 Å². The Balaban J connectivity index is 2.49. The highest BCUT2D eigenvalue weighted by Gasteiger charge is 1.69. The zero-order valence-corrected chi connectivity index (χ0v) is 3.90. The molecule has 0 heterocycles. The lowest BCUT2D eigenvalue weighted by molar-refractivity contribution is 0.317. The Morgan fingerprint density at radius 2 is 2.50 bits per heavy atom. The zero-order chi connectivity index (χ0) is 4.83. The van der Waals surface area contributed by atoms with Crippen LogP contribution in [0.3, 0.4) is 0 Å². The molecule has 0 aliphatic heterocycles. The van der Waals surface area contributed by atoms with Gasteiger partial charge < -0.3 is 4.74 Å². The van der Waals surface area contributed by atoms with Gasteiger partial charge in [-0.1, -0.05) is 6.92 Å². The summed E-state index contributed by atoms with van der Waals surface area (Å²) in [6.45, 7) is 2.67. The average molecular weight is 87.1 g/mol. The Labute approximate surface area is 37.6 Å². The van der Waals surface area contributed by atoms with E-state index in [4.69, 9.17) is 5.41 Å². The largest absolute Gasteiger partial charge is 0.484 e. The van der Waals surface area contributed by atoms with E-state index in [1.165, 1.54) is 0 Å². The molecule has 0 amide bonds. The molecule has 0 unspecified atom stereocenters. The van der Waals surface area contributed by atoms with Crippen molar-refractivity contribution < 1.29 is 4.74 Å². The van der Waals surface area contributed by atoms with Crippen LogP contribution in [0, 0.1) is 5.41 Å². The predicted molar refractivity (Wildman–Crippen MR) is 25.0 cm³/mol. The molecule has 0 saturated carbocycles. The minimum atomic E-state index is 0.670. The Hall–Kier alpha value is -0.530. The highest BCUT2D eigenvalue weighted by atomic mass is 16.5. The highest BCUT2D eigenvalue weighted by Crippen LogP contribution is 1.72. The summed E-state index contributed by atoms with van der Waals surface area (Å²) in [6, 6.07) is 0. The lowest BCUT2D eigenvalue weighted by atomic mass is 10.5. The van der Waals surface area contributed by atoms with E-state index in [2.05, 4.69) is 4.74 Å². The summed E-state index contributed by atoms with van der Waals surface area (Å²) in [7, 11) is 0. The summed E-state index contributed by atoms with van der Waals surface area (Å²) in [4.78, 5) is 0. The molecule has 6 heavy (non-hydrogen) atoms. The number of hydrogen-bond donors (Lipinski definition) is 1. The standard InChI is InChI=1S/C4H9NO/c1-2-3-6-4-5/h4-5H,2-3H2,1H3. The summed E-state index contributed by atoms with van der Waals surface area (Å²) in [6.07, 6.45) is 1.94. The first-order valence-electron chi connectivity index (χ1n) is 2.02. The van der Waals surface area contributed by atoms with E-state index >= 15 is 0 Å². The van der Waals surface area contributed by atoms with Gasteiger partial charge >= 0.3 is 0 Å². The fourth-order valence-corrected chi connectivity index (χ4v) is 0.177. The molecule has 2 heteroatoms.